The van der Waals surface area contributed by atoms with E-state index >= 15 is 0 Å². The third-order valence-electron chi connectivity index (χ3n) is 2.81. The number of hydrogen-bond acceptors (Lipinski definition) is 4. The molecule has 0 N–H and O–H groups in total. The summed E-state index contributed by atoms with van der Waals surface area (Å²) in [5, 5.41) is 7.63. The quantitative estimate of drug-likeness (QED) is 0.670. The highest BCUT2D eigenvalue weighted by Gasteiger charge is 2.36. The molecule has 1 aliphatic rings. The second-order valence-electron chi connectivity index (χ2n) is 3.86. The van der Waals surface area contributed by atoms with Crippen LogP contribution in [0.2, 0.25) is 0 Å². The topological polar surface area (TPSA) is 78.2 Å². The maximum Gasteiger partial charge on any atom is 0.241 e. The molecule has 1 rings (SSSR count). The summed E-state index contributed by atoms with van der Waals surface area (Å²) in [6, 6.07) is 1.88. The Hall–Kier alpha value is -1.09. The van der Waals surface area contributed by atoms with Gasteiger partial charge >= 0.3 is 0 Å². The van der Waals surface area contributed by atoms with Crippen LogP contribution in [0.3, 0.4) is 0 Å². The van der Waals surface area contributed by atoms with Gasteiger partial charge in [0.25, 0.3) is 0 Å². The molecule has 1 unspecified atom stereocenters. The van der Waals surface area contributed by atoms with Crippen LogP contribution in [0.15, 0.2) is 0 Å². The fourth-order valence-electron chi connectivity index (χ4n) is 1.87. The summed E-state index contributed by atoms with van der Waals surface area (Å²) in [5.41, 5.74) is 0. The zero-order valence-electron chi connectivity index (χ0n) is 9.35. The minimum atomic E-state index is -3.30. The minimum absolute atomic E-state index is 0.0403. The second-order valence-corrected chi connectivity index (χ2v) is 6.16. The summed E-state index contributed by atoms with van der Waals surface area (Å²) < 4.78 is 23.4. The molecule has 0 radical (unpaired) electrons. The van der Waals surface area contributed by atoms with Gasteiger partial charge in [-0.2, -0.15) is 5.26 Å². The van der Waals surface area contributed by atoms with Crippen LogP contribution in [0.4, 0.5) is 0 Å². The lowest BCUT2D eigenvalue weighted by Crippen LogP contribution is -2.45. The van der Waals surface area contributed by atoms with E-state index in [0.717, 1.165) is 6.42 Å². The van der Waals surface area contributed by atoms with Crippen molar-refractivity contribution in [3.8, 4) is 6.07 Å². The van der Waals surface area contributed by atoms with E-state index in [1.165, 1.54) is 4.90 Å². The van der Waals surface area contributed by atoms with E-state index in [9.17, 15) is 13.2 Å². The van der Waals surface area contributed by atoms with Gasteiger partial charge < -0.3 is 4.90 Å². The predicted octanol–water partition coefficient (Wildman–Crippen LogP) is 0.326. The summed E-state index contributed by atoms with van der Waals surface area (Å²) in [6.45, 7) is 2.07. The maximum absolute atomic E-state index is 11.9. The van der Waals surface area contributed by atoms with Gasteiger partial charge in [0.15, 0.2) is 9.84 Å². The van der Waals surface area contributed by atoms with Crippen molar-refractivity contribution in [3.63, 3.8) is 0 Å². The van der Waals surface area contributed by atoms with Crippen molar-refractivity contribution in [1.29, 1.82) is 5.26 Å². The van der Waals surface area contributed by atoms with Crippen LogP contribution >= 0.6 is 0 Å². The van der Waals surface area contributed by atoms with Crippen LogP contribution in [0.1, 0.15) is 26.2 Å². The monoisotopic (exact) mass is 244 g/mol. The fraction of sp³-hybridized carbons (Fsp3) is 0.800. The van der Waals surface area contributed by atoms with E-state index in [4.69, 9.17) is 5.26 Å². The molecule has 1 heterocycles. The Kier molecular flexibility index (Phi) is 4.30. The maximum atomic E-state index is 11.9. The normalized spacial score (nSPS) is 23.4. The van der Waals surface area contributed by atoms with Crippen molar-refractivity contribution < 1.29 is 13.2 Å². The van der Waals surface area contributed by atoms with Gasteiger partial charge in [0.05, 0.1) is 11.8 Å². The first-order valence-electron chi connectivity index (χ1n) is 5.40. The highest BCUT2D eigenvalue weighted by atomic mass is 32.2. The van der Waals surface area contributed by atoms with Crippen LogP contribution < -0.4 is 0 Å². The molecule has 90 valence electrons. The molecule has 0 aromatic heterocycles. The summed E-state index contributed by atoms with van der Waals surface area (Å²) in [4.78, 5) is 13.2. The molecule has 16 heavy (non-hydrogen) atoms. The van der Waals surface area contributed by atoms with E-state index in [1.54, 1.807) is 6.92 Å². The summed E-state index contributed by atoms with van der Waals surface area (Å²) in [6.07, 6.45) is 1.79. The molecule has 0 bridgehead atoms. The lowest BCUT2D eigenvalue weighted by molar-refractivity contribution is -0.130. The molecule has 1 saturated heterocycles. The van der Waals surface area contributed by atoms with Gasteiger partial charge in [-0.15, -0.1) is 0 Å². The molecule has 0 saturated carbocycles. The Balaban J connectivity index is 2.83. The van der Waals surface area contributed by atoms with Crippen LogP contribution in [-0.2, 0) is 14.6 Å². The smallest absolute Gasteiger partial charge is 0.241 e. The van der Waals surface area contributed by atoms with Crippen LogP contribution in [0, 0.1) is 11.3 Å². The molecule has 0 aliphatic carbocycles. The number of nitrogens with zero attached hydrogens (tertiary/aromatic N) is 2. The number of nitriles is 1. The average Bonchev–Trinajstić information content (AvgIpc) is 2.24. The van der Waals surface area contributed by atoms with E-state index < -0.39 is 21.0 Å². The molecule has 1 amide bonds. The summed E-state index contributed by atoms with van der Waals surface area (Å²) >= 11 is 0. The lowest BCUT2D eigenvalue weighted by atomic mass is 10.1. The molecule has 1 atom stereocenters. The van der Waals surface area contributed by atoms with E-state index in [-0.39, 0.29) is 12.3 Å². The second kappa shape index (κ2) is 5.30. The van der Waals surface area contributed by atoms with Gasteiger partial charge in [-0.05, 0) is 19.8 Å². The number of rotatable bonds is 3. The first kappa shape index (κ1) is 13.0. The Morgan fingerprint density at radius 2 is 2.19 bits per heavy atom. The van der Waals surface area contributed by atoms with Gasteiger partial charge in [-0.3, -0.25) is 4.79 Å². The zero-order valence-corrected chi connectivity index (χ0v) is 10.2. The van der Waals surface area contributed by atoms with Gasteiger partial charge in [0.1, 0.15) is 11.8 Å². The van der Waals surface area contributed by atoms with Gasteiger partial charge in [-0.25, -0.2) is 8.42 Å². The van der Waals surface area contributed by atoms with E-state index in [0.29, 0.717) is 19.4 Å². The molecule has 1 fully saturated rings. The fourth-order valence-corrected chi connectivity index (χ4v) is 3.74. The third kappa shape index (κ3) is 2.73. The largest absolute Gasteiger partial charge is 0.329 e. The molecule has 0 spiro atoms. The molecule has 1 aliphatic heterocycles. The van der Waals surface area contributed by atoms with Crippen molar-refractivity contribution in [1.82, 2.24) is 4.90 Å². The molecule has 5 nitrogen and oxygen atoms in total. The van der Waals surface area contributed by atoms with Gasteiger partial charge in [0, 0.05) is 6.54 Å². The summed E-state index contributed by atoms with van der Waals surface area (Å²) in [7, 11) is -3.30. The van der Waals surface area contributed by atoms with Gasteiger partial charge in [-0.1, -0.05) is 6.42 Å². The standard InChI is InChI=1S/C10H16N2O3S/c1-2-12(7-6-11)10(13)9-5-3-4-8-16(9,14)15/h9H,2-5,7-8H2,1H3. The van der Waals surface area contributed by atoms with Crippen molar-refractivity contribution >= 4 is 15.7 Å². The highest BCUT2D eigenvalue weighted by molar-refractivity contribution is 7.92. The lowest BCUT2D eigenvalue weighted by Gasteiger charge is -2.26. The molecule has 0 aromatic rings. The Morgan fingerprint density at radius 1 is 1.50 bits per heavy atom. The highest BCUT2D eigenvalue weighted by Crippen LogP contribution is 2.21. The molecular formula is C10H16N2O3S. The first-order chi connectivity index (χ1) is 7.53. The minimum Gasteiger partial charge on any atom is -0.329 e. The predicted molar refractivity (Wildman–Crippen MR) is 59.3 cm³/mol. The number of amides is 1. The average molecular weight is 244 g/mol. The van der Waals surface area contributed by atoms with Crippen molar-refractivity contribution in [2.45, 2.75) is 31.4 Å². The Bertz CT molecular complexity index is 397. The van der Waals surface area contributed by atoms with Gasteiger partial charge in [0.2, 0.25) is 5.91 Å². The zero-order chi connectivity index (χ0) is 12.2. The van der Waals surface area contributed by atoms with Crippen LogP contribution in [-0.4, -0.2) is 43.3 Å². The van der Waals surface area contributed by atoms with E-state index in [1.807, 2.05) is 6.07 Å². The van der Waals surface area contributed by atoms with E-state index in [2.05, 4.69) is 0 Å². The molecule has 0 aromatic carbocycles. The number of carbonyl (C=O) groups is 1. The SMILES string of the molecule is CCN(CC#N)C(=O)C1CCCCS1(=O)=O. The summed E-state index contributed by atoms with van der Waals surface area (Å²) in [5.74, 6) is -0.322. The Morgan fingerprint density at radius 3 is 2.69 bits per heavy atom. The molecular weight excluding hydrogens is 228 g/mol. The number of carbonyl (C=O) groups excluding carboxylic acids is 1. The third-order valence-corrected chi connectivity index (χ3v) is 4.97. The Labute approximate surface area is 96.0 Å². The number of hydrogen-bond donors (Lipinski definition) is 0. The van der Waals surface area contributed by atoms with Crippen molar-refractivity contribution in [2.75, 3.05) is 18.8 Å². The first-order valence-corrected chi connectivity index (χ1v) is 7.11. The van der Waals surface area contributed by atoms with Crippen LogP contribution in [0.5, 0.6) is 0 Å². The number of sulfone groups is 1. The van der Waals surface area contributed by atoms with Crippen LogP contribution in [0.25, 0.3) is 0 Å². The van der Waals surface area contributed by atoms with Crippen molar-refractivity contribution in [2.24, 2.45) is 0 Å². The molecule has 6 heteroatoms. The van der Waals surface area contributed by atoms with Crippen molar-refractivity contribution in [3.05, 3.63) is 0 Å².